The van der Waals surface area contributed by atoms with Crippen molar-refractivity contribution in [1.29, 1.82) is 0 Å². The van der Waals surface area contributed by atoms with E-state index in [0.29, 0.717) is 6.54 Å². The van der Waals surface area contributed by atoms with Gasteiger partial charge in [-0.2, -0.15) is 5.10 Å². The van der Waals surface area contributed by atoms with Gasteiger partial charge in [0.25, 0.3) is 0 Å². The van der Waals surface area contributed by atoms with Gasteiger partial charge in [0.1, 0.15) is 0 Å². The molecule has 0 fully saturated rings. The lowest BCUT2D eigenvalue weighted by Crippen LogP contribution is -2.38. The summed E-state index contributed by atoms with van der Waals surface area (Å²) in [4.78, 5) is 10.2. The van der Waals surface area contributed by atoms with Gasteiger partial charge in [-0.15, -0.1) is 11.3 Å². The Morgan fingerprint density at radius 2 is 2.04 bits per heavy atom. The smallest absolute Gasteiger partial charge is 0.191 e. The molecule has 0 aliphatic heterocycles. The SMILES string of the molecule is CN=C(NCCc1nc(C)c(C)s1)NCc1ccccc1-n1cccn1. The minimum Gasteiger partial charge on any atom is -0.356 e. The van der Waals surface area contributed by atoms with E-state index in [0.717, 1.165) is 40.9 Å². The van der Waals surface area contributed by atoms with Crippen molar-refractivity contribution in [2.75, 3.05) is 13.6 Å². The molecule has 0 aliphatic rings. The molecule has 0 radical (unpaired) electrons. The summed E-state index contributed by atoms with van der Waals surface area (Å²) < 4.78 is 1.88. The van der Waals surface area contributed by atoms with Crippen LogP contribution in [0.4, 0.5) is 0 Å². The van der Waals surface area contributed by atoms with Crippen LogP contribution in [0.15, 0.2) is 47.7 Å². The maximum atomic E-state index is 4.58. The van der Waals surface area contributed by atoms with E-state index in [9.17, 15) is 0 Å². The van der Waals surface area contributed by atoms with E-state index < -0.39 is 0 Å². The van der Waals surface area contributed by atoms with Crippen LogP contribution in [0.3, 0.4) is 0 Å². The molecule has 26 heavy (non-hydrogen) atoms. The topological polar surface area (TPSA) is 67.1 Å². The van der Waals surface area contributed by atoms with Gasteiger partial charge in [0, 0.05) is 43.8 Å². The van der Waals surface area contributed by atoms with Crippen LogP contribution >= 0.6 is 11.3 Å². The van der Waals surface area contributed by atoms with Gasteiger partial charge < -0.3 is 10.6 Å². The standard InChI is InChI=1S/C19H24N6S/c1-14-15(2)26-18(24-14)9-11-21-19(20-3)22-13-16-7-4-5-8-17(16)25-12-6-10-23-25/h4-8,10,12H,9,11,13H2,1-3H3,(H2,20,21,22). The lowest BCUT2D eigenvalue weighted by molar-refractivity contribution is 0.780. The molecule has 3 aromatic rings. The highest BCUT2D eigenvalue weighted by Gasteiger charge is 2.07. The second-order valence-corrected chi connectivity index (χ2v) is 7.22. The molecule has 0 spiro atoms. The molecule has 2 heterocycles. The number of hydrogen-bond acceptors (Lipinski definition) is 4. The number of thiazole rings is 1. The summed E-state index contributed by atoms with van der Waals surface area (Å²) in [6, 6.07) is 10.1. The number of guanidine groups is 1. The van der Waals surface area contributed by atoms with Crippen molar-refractivity contribution in [2.24, 2.45) is 4.99 Å². The van der Waals surface area contributed by atoms with Gasteiger partial charge in [-0.1, -0.05) is 18.2 Å². The van der Waals surface area contributed by atoms with Gasteiger partial charge in [-0.3, -0.25) is 4.99 Å². The van der Waals surface area contributed by atoms with E-state index in [1.807, 2.05) is 29.1 Å². The Kier molecular flexibility index (Phi) is 6.01. The highest BCUT2D eigenvalue weighted by molar-refractivity contribution is 7.11. The zero-order valence-electron chi connectivity index (χ0n) is 15.4. The van der Waals surface area contributed by atoms with Gasteiger partial charge in [0.05, 0.1) is 16.4 Å². The molecule has 6 nitrogen and oxygen atoms in total. The van der Waals surface area contributed by atoms with Gasteiger partial charge in [0.2, 0.25) is 0 Å². The first-order valence-electron chi connectivity index (χ1n) is 8.62. The lowest BCUT2D eigenvalue weighted by Gasteiger charge is -2.14. The number of nitrogens with zero attached hydrogens (tertiary/aromatic N) is 4. The maximum Gasteiger partial charge on any atom is 0.191 e. The van der Waals surface area contributed by atoms with Crippen LogP contribution in [0.1, 0.15) is 21.1 Å². The van der Waals surface area contributed by atoms with Crippen LogP contribution in [-0.4, -0.2) is 34.3 Å². The van der Waals surface area contributed by atoms with E-state index in [-0.39, 0.29) is 0 Å². The predicted octanol–water partition coefficient (Wildman–Crippen LogP) is 2.85. The molecule has 0 saturated carbocycles. The molecule has 136 valence electrons. The van der Waals surface area contributed by atoms with Gasteiger partial charge in [0.15, 0.2) is 5.96 Å². The van der Waals surface area contributed by atoms with Gasteiger partial charge in [-0.05, 0) is 31.5 Å². The van der Waals surface area contributed by atoms with Crippen LogP contribution in [0.5, 0.6) is 0 Å². The van der Waals surface area contributed by atoms with E-state index in [1.165, 1.54) is 4.88 Å². The zero-order valence-corrected chi connectivity index (χ0v) is 16.2. The average molecular weight is 369 g/mol. The minimum absolute atomic E-state index is 0.672. The third kappa shape index (κ3) is 4.49. The number of benzene rings is 1. The number of aliphatic imine (C=N–C) groups is 1. The van der Waals surface area contributed by atoms with E-state index >= 15 is 0 Å². The Morgan fingerprint density at radius 1 is 1.19 bits per heavy atom. The molecule has 1 aromatic carbocycles. The second kappa shape index (κ2) is 8.62. The largest absolute Gasteiger partial charge is 0.356 e. The Balaban J connectivity index is 1.55. The maximum absolute atomic E-state index is 4.58. The van der Waals surface area contributed by atoms with Gasteiger partial charge >= 0.3 is 0 Å². The summed E-state index contributed by atoms with van der Waals surface area (Å²) >= 11 is 1.76. The first-order valence-corrected chi connectivity index (χ1v) is 9.44. The van der Waals surface area contributed by atoms with Crippen LogP contribution in [0.2, 0.25) is 0 Å². The average Bonchev–Trinajstić information content (AvgIpc) is 3.29. The van der Waals surface area contributed by atoms with Crippen molar-refractivity contribution in [2.45, 2.75) is 26.8 Å². The Bertz CT molecular complexity index is 847. The highest BCUT2D eigenvalue weighted by atomic mass is 32.1. The molecule has 2 N–H and O–H groups in total. The molecule has 3 rings (SSSR count). The predicted molar refractivity (Wildman–Crippen MR) is 107 cm³/mol. The first kappa shape index (κ1) is 18.1. The quantitative estimate of drug-likeness (QED) is 0.519. The zero-order chi connectivity index (χ0) is 18.4. The molecule has 0 atom stereocenters. The molecule has 2 aromatic heterocycles. The fourth-order valence-corrected chi connectivity index (χ4v) is 3.56. The number of para-hydroxylation sites is 1. The van der Waals surface area contributed by atoms with Crippen molar-refractivity contribution in [3.8, 4) is 5.69 Å². The molecule has 0 saturated heterocycles. The van der Waals surface area contributed by atoms with Crippen molar-refractivity contribution < 1.29 is 0 Å². The third-order valence-corrected chi connectivity index (χ3v) is 5.25. The summed E-state index contributed by atoms with van der Waals surface area (Å²) in [7, 11) is 1.78. The number of hydrogen-bond donors (Lipinski definition) is 2. The molecule has 0 unspecified atom stereocenters. The highest BCUT2D eigenvalue weighted by Crippen LogP contribution is 2.16. The molecule has 0 bridgehead atoms. The summed E-state index contributed by atoms with van der Waals surface area (Å²) in [5, 5.41) is 12.2. The lowest BCUT2D eigenvalue weighted by atomic mass is 10.2. The van der Waals surface area contributed by atoms with E-state index in [2.05, 4.69) is 51.7 Å². The minimum atomic E-state index is 0.672. The third-order valence-electron chi connectivity index (χ3n) is 4.12. The van der Waals surface area contributed by atoms with Gasteiger partial charge in [-0.25, -0.2) is 9.67 Å². The first-order chi connectivity index (χ1) is 12.7. The summed E-state index contributed by atoms with van der Waals surface area (Å²) in [6.45, 7) is 5.64. The Labute approximate surface area is 158 Å². The summed E-state index contributed by atoms with van der Waals surface area (Å²) in [6.07, 6.45) is 4.63. The van der Waals surface area contributed by atoms with Crippen LogP contribution < -0.4 is 10.6 Å². The number of aromatic nitrogens is 3. The number of aryl methyl sites for hydroxylation is 2. The summed E-state index contributed by atoms with van der Waals surface area (Å²) in [5.41, 5.74) is 3.35. The van der Waals surface area contributed by atoms with E-state index in [1.54, 1.807) is 24.6 Å². The van der Waals surface area contributed by atoms with E-state index in [4.69, 9.17) is 0 Å². The monoisotopic (exact) mass is 368 g/mol. The number of nitrogens with one attached hydrogen (secondary N) is 2. The van der Waals surface area contributed by atoms with Crippen molar-refractivity contribution in [3.63, 3.8) is 0 Å². The molecular weight excluding hydrogens is 344 g/mol. The fraction of sp³-hybridized carbons (Fsp3) is 0.316. The van der Waals surface area contributed by atoms with Crippen LogP contribution in [0.25, 0.3) is 5.69 Å². The van der Waals surface area contributed by atoms with Crippen molar-refractivity contribution in [3.05, 3.63) is 63.9 Å². The fourth-order valence-electron chi connectivity index (χ4n) is 2.63. The van der Waals surface area contributed by atoms with Crippen LogP contribution in [-0.2, 0) is 13.0 Å². The second-order valence-electron chi connectivity index (χ2n) is 5.93. The summed E-state index contributed by atoms with van der Waals surface area (Å²) in [5.74, 6) is 0.783. The molecule has 0 amide bonds. The number of rotatable bonds is 6. The Hall–Kier alpha value is -2.67. The van der Waals surface area contributed by atoms with Crippen LogP contribution in [0, 0.1) is 13.8 Å². The van der Waals surface area contributed by atoms with Crippen molar-refractivity contribution in [1.82, 2.24) is 25.4 Å². The molecular formula is C19H24N6S. The molecule has 0 aliphatic carbocycles. The normalized spacial score (nSPS) is 11.6. The Morgan fingerprint density at radius 3 is 2.73 bits per heavy atom. The van der Waals surface area contributed by atoms with Crippen molar-refractivity contribution >= 4 is 17.3 Å². The molecule has 7 heteroatoms.